The molecule has 4 rings (SSSR count). The maximum atomic E-state index is 4.64. The minimum atomic E-state index is 0.821. The van der Waals surface area contributed by atoms with Crippen LogP contribution in [-0.4, -0.2) is 21.5 Å². The van der Waals surface area contributed by atoms with Gasteiger partial charge in [0.2, 0.25) is 0 Å². The molecule has 3 heterocycles. The van der Waals surface area contributed by atoms with Crippen molar-refractivity contribution in [2.75, 3.05) is 11.9 Å². The molecule has 0 saturated heterocycles. The number of nitrogens with zero attached hydrogens (tertiary/aromatic N) is 3. The van der Waals surface area contributed by atoms with Crippen LogP contribution in [0.25, 0.3) is 20.4 Å². The Hall–Kier alpha value is -2.05. The molecule has 0 fully saturated rings. The maximum Gasteiger partial charge on any atom is 0.138 e. The minimum absolute atomic E-state index is 0.821. The Morgan fingerprint density at radius 3 is 3.00 bits per heavy atom. The predicted octanol–water partition coefficient (Wildman–Crippen LogP) is 3.96. The van der Waals surface area contributed by atoms with Gasteiger partial charge in [-0.05, 0) is 23.6 Å². The van der Waals surface area contributed by atoms with Gasteiger partial charge in [-0.1, -0.05) is 12.1 Å². The van der Waals surface area contributed by atoms with Crippen LogP contribution in [0.5, 0.6) is 0 Å². The highest BCUT2D eigenvalue weighted by Crippen LogP contribution is 2.24. The lowest BCUT2D eigenvalue weighted by Crippen LogP contribution is -2.06. The van der Waals surface area contributed by atoms with Crippen molar-refractivity contribution in [2.24, 2.45) is 0 Å². The summed E-state index contributed by atoms with van der Waals surface area (Å²) in [5, 5.41) is 7.67. The highest BCUT2D eigenvalue weighted by molar-refractivity contribution is 7.18. The lowest BCUT2D eigenvalue weighted by atomic mass is 10.3. The van der Waals surface area contributed by atoms with Gasteiger partial charge in [0, 0.05) is 13.0 Å². The van der Waals surface area contributed by atoms with E-state index >= 15 is 0 Å². The molecule has 21 heavy (non-hydrogen) atoms. The van der Waals surface area contributed by atoms with Crippen molar-refractivity contribution in [3.63, 3.8) is 0 Å². The Morgan fingerprint density at radius 1 is 1.10 bits per heavy atom. The summed E-state index contributed by atoms with van der Waals surface area (Å²) in [6.45, 7) is 0.821. The van der Waals surface area contributed by atoms with Crippen molar-refractivity contribution in [1.82, 2.24) is 15.0 Å². The van der Waals surface area contributed by atoms with E-state index in [2.05, 4.69) is 44.5 Å². The summed E-state index contributed by atoms with van der Waals surface area (Å²) >= 11 is 3.39. The second-order valence-corrected chi connectivity index (χ2v) is 6.62. The molecule has 0 radical (unpaired) electrons. The van der Waals surface area contributed by atoms with Crippen molar-refractivity contribution in [3.8, 4) is 0 Å². The number of fused-ring (bicyclic) bond motifs is 2. The fourth-order valence-electron chi connectivity index (χ4n) is 2.25. The molecule has 0 amide bonds. The molecule has 0 aliphatic heterocycles. The average Bonchev–Trinajstić information content (AvgIpc) is 3.13. The molecule has 1 aromatic carbocycles. The molecule has 4 nitrogen and oxygen atoms in total. The van der Waals surface area contributed by atoms with Crippen molar-refractivity contribution in [2.45, 2.75) is 6.42 Å². The maximum absolute atomic E-state index is 4.64. The molecule has 6 heteroatoms. The molecule has 0 bridgehead atoms. The van der Waals surface area contributed by atoms with E-state index in [-0.39, 0.29) is 0 Å². The fourth-order valence-corrected chi connectivity index (χ4v) is 3.95. The lowest BCUT2D eigenvalue weighted by Gasteiger charge is -2.04. The topological polar surface area (TPSA) is 50.7 Å². The monoisotopic (exact) mass is 312 g/mol. The standard InChI is InChI=1S/C15H12N4S2/c1-2-4-12-11(3-1)19-13(21-12)5-7-16-14-10-6-8-20-15(10)18-9-17-14/h1-4,6,8-9H,5,7H2,(H,16,17,18). The van der Waals surface area contributed by atoms with Gasteiger partial charge in [0.1, 0.15) is 17.0 Å². The molecule has 0 unspecified atom stereocenters. The molecule has 0 saturated carbocycles. The van der Waals surface area contributed by atoms with Gasteiger partial charge >= 0.3 is 0 Å². The van der Waals surface area contributed by atoms with E-state index in [9.17, 15) is 0 Å². The molecule has 0 spiro atoms. The third-order valence-electron chi connectivity index (χ3n) is 3.23. The highest BCUT2D eigenvalue weighted by Gasteiger charge is 2.06. The van der Waals surface area contributed by atoms with Gasteiger partial charge in [-0.2, -0.15) is 0 Å². The molecular formula is C15H12N4S2. The summed E-state index contributed by atoms with van der Waals surface area (Å²) in [7, 11) is 0. The third kappa shape index (κ3) is 2.48. The summed E-state index contributed by atoms with van der Waals surface area (Å²) in [5.41, 5.74) is 1.08. The summed E-state index contributed by atoms with van der Waals surface area (Å²) in [5.74, 6) is 0.905. The first kappa shape index (κ1) is 12.7. The van der Waals surface area contributed by atoms with Gasteiger partial charge in [-0.3, -0.25) is 0 Å². The number of hydrogen-bond acceptors (Lipinski definition) is 6. The van der Waals surface area contributed by atoms with Gasteiger partial charge < -0.3 is 5.32 Å². The number of anilines is 1. The summed E-state index contributed by atoms with van der Waals surface area (Å²) in [4.78, 5) is 14.2. The average molecular weight is 312 g/mol. The largest absolute Gasteiger partial charge is 0.369 e. The van der Waals surface area contributed by atoms with E-state index in [1.807, 2.05) is 11.4 Å². The first-order chi connectivity index (χ1) is 10.4. The van der Waals surface area contributed by atoms with Gasteiger partial charge in [-0.25, -0.2) is 15.0 Å². The van der Waals surface area contributed by atoms with E-state index in [4.69, 9.17) is 0 Å². The zero-order valence-corrected chi connectivity index (χ0v) is 12.7. The van der Waals surface area contributed by atoms with Crippen LogP contribution in [-0.2, 0) is 6.42 Å². The Kier molecular flexibility index (Phi) is 3.25. The molecular weight excluding hydrogens is 300 g/mol. The number of aromatic nitrogens is 3. The van der Waals surface area contributed by atoms with Crippen LogP contribution >= 0.6 is 22.7 Å². The predicted molar refractivity (Wildman–Crippen MR) is 89.2 cm³/mol. The summed E-state index contributed by atoms with van der Waals surface area (Å²) < 4.78 is 1.25. The quantitative estimate of drug-likeness (QED) is 0.620. The number of rotatable bonds is 4. The van der Waals surface area contributed by atoms with Crippen molar-refractivity contribution in [3.05, 3.63) is 47.0 Å². The number of para-hydroxylation sites is 1. The minimum Gasteiger partial charge on any atom is -0.369 e. The lowest BCUT2D eigenvalue weighted by molar-refractivity contribution is 0.994. The van der Waals surface area contributed by atoms with Crippen LogP contribution in [0.15, 0.2) is 42.0 Å². The van der Waals surface area contributed by atoms with Crippen molar-refractivity contribution >= 4 is 48.9 Å². The molecule has 0 aliphatic rings. The highest BCUT2D eigenvalue weighted by atomic mass is 32.1. The third-order valence-corrected chi connectivity index (χ3v) is 5.15. The molecule has 4 aromatic rings. The smallest absolute Gasteiger partial charge is 0.138 e. The van der Waals surface area contributed by atoms with Crippen LogP contribution in [0.2, 0.25) is 0 Å². The van der Waals surface area contributed by atoms with E-state index < -0.39 is 0 Å². The first-order valence-electron chi connectivity index (χ1n) is 6.67. The first-order valence-corrected chi connectivity index (χ1v) is 8.36. The van der Waals surface area contributed by atoms with Crippen LogP contribution in [0.3, 0.4) is 0 Å². The van der Waals surface area contributed by atoms with Crippen LogP contribution in [0.4, 0.5) is 5.82 Å². The molecule has 0 aliphatic carbocycles. The van der Waals surface area contributed by atoms with Crippen molar-refractivity contribution < 1.29 is 0 Å². The molecule has 1 N–H and O–H groups in total. The number of hydrogen-bond donors (Lipinski definition) is 1. The molecule has 3 aromatic heterocycles. The second-order valence-electron chi connectivity index (χ2n) is 4.61. The number of benzene rings is 1. The van der Waals surface area contributed by atoms with Crippen LogP contribution in [0.1, 0.15) is 5.01 Å². The Balaban J connectivity index is 1.48. The van der Waals surface area contributed by atoms with Gasteiger partial charge in [0.15, 0.2) is 0 Å². The van der Waals surface area contributed by atoms with Crippen LogP contribution < -0.4 is 5.32 Å². The number of nitrogens with one attached hydrogen (secondary N) is 1. The van der Waals surface area contributed by atoms with Gasteiger partial charge in [0.05, 0.1) is 20.6 Å². The van der Waals surface area contributed by atoms with Gasteiger partial charge in [0.25, 0.3) is 0 Å². The number of thiazole rings is 1. The Morgan fingerprint density at radius 2 is 2.05 bits per heavy atom. The zero-order valence-electron chi connectivity index (χ0n) is 11.1. The number of thiophene rings is 1. The Bertz CT molecular complexity index is 864. The van der Waals surface area contributed by atoms with E-state index in [1.165, 1.54) is 4.70 Å². The summed E-state index contributed by atoms with van der Waals surface area (Å²) in [6, 6.07) is 10.3. The van der Waals surface area contributed by atoms with E-state index in [0.717, 1.165) is 39.5 Å². The Labute approximate surface area is 129 Å². The van der Waals surface area contributed by atoms with Gasteiger partial charge in [-0.15, -0.1) is 22.7 Å². The van der Waals surface area contributed by atoms with E-state index in [1.54, 1.807) is 29.0 Å². The molecule has 104 valence electrons. The van der Waals surface area contributed by atoms with E-state index in [0.29, 0.717) is 0 Å². The fraction of sp³-hybridized carbons (Fsp3) is 0.133. The normalized spacial score (nSPS) is 11.2. The van der Waals surface area contributed by atoms with Crippen LogP contribution in [0, 0.1) is 0 Å². The molecule has 0 atom stereocenters. The zero-order chi connectivity index (χ0) is 14.1. The SMILES string of the molecule is c1ccc2sc(CCNc3ncnc4sccc34)nc2c1. The summed E-state index contributed by atoms with van der Waals surface area (Å²) in [6.07, 6.45) is 2.51. The second kappa shape index (κ2) is 5.38. The van der Waals surface area contributed by atoms with Crippen molar-refractivity contribution in [1.29, 1.82) is 0 Å².